The summed E-state index contributed by atoms with van der Waals surface area (Å²) in [6.45, 7) is 0. The molecule has 25 heavy (non-hydrogen) atoms. The number of carbonyl (C=O) groups is 2. The van der Waals surface area contributed by atoms with Crippen LogP contribution in [0.1, 0.15) is 55.3 Å². The first-order valence-corrected chi connectivity index (χ1v) is 9.77. The van der Waals surface area contributed by atoms with Crippen LogP contribution in [-0.4, -0.2) is 23.3 Å². The van der Waals surface area contributed by atoms with Gasteiger partial charge in [-0.15, -0.1) is 0 Å². The zero-order chi connectivity index (χ0) is 17.2. The Labute approximate surface area is 152 Å². The monoisotopic (exact) mass is 359 g/mol. The number of ketones is 1. The van der Waals surface area contributed by atoms with Crippen LogP contribution in [0.2, 0.25) is 5.02 Å². The molecular formula is C20H22ClNO3. The number of carbonyl (C=O) groups excluding carboxylic acids is 2. The van der Waals surface area contributed by atoms with Crippen molar-refractivity contribution in [3.05, 3.63) is 28.8 Å². The van der Waals surface area contributed by atoms with Gasteiger partial charge in [-0.1, -0.05) is 24.4 Å². The van der Waals surface area contributed by atoms with Crippen molar-refractivity contribution in [2.75, 3.05) is 0 Å². The highest BCUT2D eigenvalue weighted by atomic mass is 35.5. The number of ether oxygens (including phenoxy) is 1. The SMILES string of the molecule is O=C1C[C@@]2(CC[C@@H]3[C@@H](C(=O)NC4CCCC4)[C@@H]32)Oc2ccc(Cl)cc21. The van der Waals surface area contributed by atoms with Crippen LogP contribution in [0.3, 0.4) is 0 Å². The Morgan fingerprint density at radius 2 is 2.04 bits per heavy atom. The molecule has 4 atom stereocenters. The molecule has 1 aromatic rings. The molecule has 0 bridgehead atoms. The second-order valence-corrected chi connectivity index (χ2v) is 8.59. The van der Waals surface area contributed by atoms with E-state index in [0.717, 1.165) is 25.7 Å². The van der Waals surface area contributed by atoms with Crippen LogP contribution in [0, 0.1) is 17.8 Å². The third-order valence-electron chi connectivity index (χ3n) is 6.70. The summed E-state index contributed by atoms with van der Waals surface area (Å²) in [6, 6.07) is 5.59. The van der Waals surface area contributed by atoms with Gasteiger partial charge < -0.3 is 10.1 Å². The number of rotatable bonds is 2. The fourth-order valence-corrected chi connectivity index (χ4v) is 5.68. The van der Waals surface area contributed by atoms with E-state index in [0.29, 0.717) is 34.7 Å². The van der Waals surface area contributed by atoms with Crippen molar-refractivity contribution in [1.29, 1.82) is 0 Å². The molecule has 0 aromatic heterocycles. The topological polar surface area (TPSA) is 55.4 Å². The summed E-state index contributed by atoms with van der Waals surface area (Å²) < 4.78 is 6.35. The molecular weight excluding hydrogens is 338 g/mol. The van der Waals surface area contributed by atoms with Gasteiger partial charge in [-0.2, -0.15) is 0 Å². The number of nitrogens with one attached hydrogen (secondary N) is 1. The Morgan fingerprint density at radius 1 is 1.24 bits per heavy atom. The molecule has 1 amide bonds. The van der Waals surface area contributed by atoms with Gasteiger partial charge in [-0.3, -0.25) is 9.59 Å². The summed E-state index contributed by atoms with van der Waals surface area (Å²) in [5, 5.41) is 3.78. The quantitative estimate of drug-likeness (QED) is 0.874. The normalized spacial score (nSPS) is 36.0. The minimum atomic E-state index is -0.486. The first-order chi connectivity index (χ1) is 12.1. The summed E-state index contributed by atoms with van der Waals surface area (Å²) in [6.07, 6.45) is 6.83. The predicted octanol–water partition coefficient (Wildman–Crippen LogP) is 3.76. The van der Waals surface area contributed by atoms with Crippen molar-refractivity contribution >= 4 is 23.3 Å². The van der Waals surface area contributed by atoms with Crippen LogP contribution >= 0.6 is 11.6 Å². The fourth-order valence-electron chi connectivity index (χ4n) is 5.51. The lowest BCUT2D eigenvalue weighted by Crippen LogP contribution is -2.45. The number of hydrogen-bond acceptors (Lipinski definition) is 3. The Hall–Kier alpha value is -1.55. The molecule has 0 saturated heterocycles. The van der Waals surface area contributed by atoms with Crippen molar-refractivity contribution in [3.63, 3.8) is 0 Å². The zero-order valence-corrected chi connectivity index (χ0v) is 14.8. The van der Waals surface area contributed by atoms with E-state index in [-0.39, 0.29) is 23.5 Å². The third-order valence-corrected chi connectivity index (χ3v) is 6.93. The summed E-state index contributed by atoms with van der Waals surface area (Å²) >= 11 is 6.02. The van der Waals surface area contributed by atoms with E-state index in [1.807, 2.05) is 0 Å². The van der Waals surface area contributed by atoms with Gasteiger partial charge in [0.2, 0.25) is 5.91 Å². The second kappa shape index (κ2) is 5.47. The van der Waals surface area contributed by atoms with E-state index in [1.165, 1.54) is 12.8 Å². The van der Waals surface area contributed by atoms with Crippen molar-refractivity contribution in [2.45, 2.75) is 56.6 Å². The van der Waals surface area contributed by atoms with E-state index >= 15 is 0 Å². The summed E-state index contributed by atoms with van der Waals surface area (Å²) in [7, 11) is 0. The van der Waals surface area contributed by atoms with E-state index in [4.69, 9.17) is 16.3 Å². The number of halogens is 1. The molecule has 0 radical (unpaired) electrons. The maximum absolute atomic E-state index is 12.7. The smallest absolute Gasteiger partial charge is 0.224 e. The molecule has 3 fully saturated rings. The van der Waals surface area contributed by atoms with E-state index in [2.05, 4.69) is 5.32 Å². The second-order valence-electron chi connectivity index (χ2n) is 8.15. The van der Waals surface area contributed by atoms with Gasteiger partial charge in [0, 0.05) is 22.9 Å². The molecule has 3 saturated carbocycles. The zero-order valence-electron chi connectivity index (χ0n) is 14.1. The molecule has 1 aromatic carbocycles. The molecule has 1 spiro atoms. The van der Waals surface area contributed by atoms with Crippen LogP contribution in [0.4, 0.5) is 0 Å². The Bertz CT molecular complexity index is 757. The lowest BCUT2D eigenvalue weighted by molar-refractivity contribution is -0.124. The molecule has 1 aliphatic heterocycles. The predicted molar refractivity (Wildman–Crippen MR) is 93.9 cm³/mol. The molecule has 0 unspecified atom stereocenters. The van der Waals surface area contributed by atoms with Crippen LogP contribution in [0.5, 0.6) is 5.75 Å². The largest absolute Gasteiger partial charge is 0.486 e. The maximum atomic E-state index is 12.7. The van der Waals surface area contributed by atoms with Crippen LogP contribution in [-0.2, 0) is 4.79 Å². The van der Waals surface area contributed by atoms with Gasteiger partial charge in [0.15, 0.2) is 5.78 Å². The number of fused-ring (bicyclic) bond motifs is 3. The van der Waals surface area contributed by atoms with Gasteiger partial charge in [0.25, 0.3) is 0 Å². The summed E-state index contributed by atoms with van der Waals surface area (Å²) in [5.74, 6) is 1.48. The van der Waals surface area contributed by atoms with Crippen molar-refractivity contribution in [2.24, 2.45) is 17.8 Å². The highest BCUT2D eigenvalue weighted by molar-refractivity contribution is 6.31. The highest BCUT2D eigenvalue weighted by Gasteiger charge is 2.70. The Kier molecular flexibility index (Phi) is 3.43. The lowest BCUT2D eigenvalue weighted by Gasteiger charge is -2.37. The third kappa shape index (κ3) is 2.41. The highest BCUT2D eigenvalue weighted by Crippen LogP contribution is 2.65. The first-order valence-electron chi connectivity index (χ1n) is 9.39. The van der Waals surface area contributed by atoms with Crippen molar-refractivity contribution < 1.29 is 14.3 Å². The average molecular weight is 360 g/mol. The molecule has 132 valence electrons. The van der Waals surface area contributed by atoms with E-state index in [1.54, 1.807) is 18.2 Å². The Balaban J connectivity index is 1.36. The number of Topliss-reactive ketones (excluding diaryl/α,β-unsaturated/α-hetero) is 1. The van der Waals surface area contributed by atoms with E-state index in [9.17, 15) is 9.59 Å². The minimum absolute atomic E-state index is 0.0241. The van der Waals surface area contributed by atoms with Gasteiger partial charge in [0.05, 0.1) is 12.0 Å². The fraction of sp³-hybridized carbons (Fsp3) is 0.600. The molecule has 5 rings (SSSR count). The lowest BCUT2D eigenvalue weighted by atomic mass is 9.84. The molecule has 1 N–H and O–H groups in total. The van der Waals surface area contributed by atoms with Gasteiger partial charge in [0.1, 0.15) is 11.4 Å². The van der Waals surface area contributed by atoms with Crippen LogP contribution < -0.4 is 10.1 Å². The van der Waals surface area contributed by atoms with Crippen molar-refractivity contribution in [3.8, 4) is 5.75 Å². The maximum Gasteiger partial charge on any atom is 0.224 e. The molecule has 4 aliphatic rings. The molecule has 4 nitrogen and oxygen atoms in total. The van der Waals surface area contributed by atoms with Crippen molar-refractivity contribution in [1.82, 2.24) is 5.32 Å². The number of amides is 1. The molecule has 3 aliphatic carbocycles. The minimum Gasteiger partial charge on any atom is -0.486 e. The van der Waals surface area contributed by atoms with Gasteiger partial charge >= 0.3 is 0 Å². The Morgan fingerprint density at radius 3 is 2.84 bits per heavy atom. The van der Waals surface area contributed by atoms with Crippen LogP contribution in [0.25, 0.3) is 0 Å². The van der Waals surface area contributed by atoms with Crippen LogP contribution in [0.15, 0.2) is 18.2 Å². The average Bonchev–Trinajstić information content (AvgIpc) is 2.91. The first kappa shape index (κ1) is 15.7. The number of benzene rings is 1. The molecule has 1 heterocycles. The van der Waals surface area contributed by atoms with Gasteiger partial charge in [-0.25, -0.2) is 0 Å². The van der Waals surface area contributed by atoms with E-state index < -0.39 is 5.60 Å². The standard InChI is InChI=1S/C20H22ClNO3/c21-11-5-6-16-14(9-11)15(23)10-20(25-16)8-7-13-17(18(13)20)19(24)22-12-3-1-2-4-12/h5-6,9,12-13,17-18H,1-4,7-8,10H2,(H,22,24)/t13-,17-,18-,20-/m1/s1. The number of hydrogen-bond donors (Lipinski definition) is 1. The van der Waals surface area contributed by atoms with Gasteiger partial charge in [-0.05, 0) is 49.8 Å². The molecule has 5 heteroatoms. The summed E-state index contributed by atoms with van der Waals surface area (Å²) in [4.78, 5) is 25.4. The summed E-state index contributed by atoms with van der Waals surface area (Å²) in [5.41, 5.74) is 0.0921.